The number of aromatic hydroxyl groups is 1. The summed E-state index contributed by atoms with van der Waals surface area (Å²) in [6.45, 7) is 4.71. The van der Waals surface area contributed by atoms with Gasteiger partial charge in [-0.15, -0.1) is 5.10 Å². The maximum atomic E-state index is 9.40. The minimum atomic E-state index is 0.217. The lowest BCUT2D eigenvalue weighted by molar-refractivity contribution is 0.392. The molecule has 4 heteroatoms. The van der Waals surface area contributed by atoms with Crippen molar-refractivity contribution < 1.29 is 5.11 Å². The molecule has 4 nitrogen and oxygen atoms in total. The van der Waals surface area contributed by atoms with Crippen LogP contribution < -0.4 is 0 Å². The van der Waals surface area contributed by atoms with Crippen LogP contribution in [0.1, 0.15) is 26.0 Å². The molecule has 0 fully saturated rings. The van der Waals surface area contributed by atoms with E-state index in [2.05, 4.69) is 10.3 Å². The van der Waals surface area contributed by atoms with Crippen LogP contribution >= 0.6 is 0 Å². The summed E-state index contributed by atoms with van der Waals surface area (Å²) in [6.07, 6.45) is 1.69. The van der Waals surface area contributed by atoms with Crippen LogP contribution in [0.3, 0.4) is 0 Å². The molecular formula is C7H13N3O. The normalized spacial score (nSPS) is 10.4. The van der Waals surface area contributed by atoms with E-state index in [4.69, 9.17) is 0 Å². The summed E-state index contributed by atoms with van der Waals surface area (Å²) in [7, 11) is 0. The lowest BCUT2D eigenvalue weighted by atomic mass is 10.3. The van der Waals surface area contributed by atoms with Crippen LogP contribution in [0.5, 0.6) is 5.88 Å². The van der Waals surface area contributed by atoms with E-state index in [9.17, 15) is 5.11 Å². The van der Waals surface area contributed by atoms with Crippen molar-refractivity contribution in [3.05, 3.63) is 5.69 Å². The SMILES string of the molecule is CCCn1nnc(CC)c1O. The van der Waals surface area contributed by atoms with E-state index >= 15 is 0 Å². The fraction of sp³-hybridized carbons (Fsp3) is 0.714. The predicted molar refractivity (Wildman–Crippen MR) is 41.4 cm³/mol. The second kappa shape index (κ2) is 3.37. The van der Waals surface area contributed by atoms with Crippen LogP contribution in [0.15, 0.2) is 0 Å². The van der Waals surface area contributed by atoms with Gasteiger partial charge < -0.3 is 5.11 Å². The van der Waals surface area contributed by atoms with Crippen molar-refractivity contribution in [1.82, 2.24) is 15.0 Å². The third-order valence-corrected chi connectivity index (χ3v) is 1.55. The Bertz CT molecular complexity index is 232. The third kappa shape index (κ3) is 1.50. The third-order valence-electron chi connectivity index (χ3n) is 1.55. The maximum Gasteiger partial charge on any atom is 0.233 e. The first kappa shape index (κ1) is 8.04. The first-order valence-corrected chi connectivity index (χ1v) is 3.90. The average molecular weight is 155 g/mol. The highest BCUT2D eigenvalue weighted by Gasteiger charge is 2.07. The zero-order valence-electron chi connectivity index (χ0n) is 6.91. The van der Waals surface area contributed by atoms with Crippen LogP contribution in [0.25, 0.3) is 0 Å². The van der Waals surface area contributed by atoms with Crippen LogP contribution in [0.2, 0.25) is 0 Å². The summed E-state index contributed by atoms with van der Waals surface area (Å²) >= 11 is 0. The van der Waals surface area contributed by atoms with Crippen LogP contribution in [-0.4, -0.2) is 20.1 Å². The van der Waals surface area contributed by atoms with E-state index in [1.54, 1.807) is 0 Å². The second-order valence-electron chi connectivity index (χ2n) is 2.44. The van der Waals surface area contributed by atoms with Gasteiger partial charge >= 0.3 is 0 Å². The molecule has 1 aromatic rings. The van der Waals surface area contributed by atoms with Gasteiger partial charge in [-0.25, -0.2) is 4.68 Å². The molecule has 0 aromatic carbocycles. The van der Waals surface area contributed by atoms with Gasteiger partial charge in [-0.3, -0.25) is 0 Å². The summed E-state index contributed by atoms with van der Waals surface area (Å²) in [4.78, 5) is 0. The molecule has 11 heavy (non-hydrogen) atoms. The Kier molecular flexibility index (Phi) is 2.46. The van der Waals surface area contributed by atoms with Gasteiger partial charge in [0.05, 0.1) is 0 Å². The van der Waals surface area contributed by atoms with E-state index in [0.717, 1.165) is 19.4 Å². The molecule has 1 aromatic heterocycles. The molecule has 0 aliphatic carbocycles. The smallest absolute Gasteiger partial charge is 0.233 e. The minimum absolute atomic E-state index is 0.217. The van der Waals surface area contributed by atoms with Gasteiger partial charge in [-0.1, -0.05) is 19.1 Å². The number of hydrogen-bond acceptors (Lipinski definition) is 3. The molecule has 0 aliphatic rings. The van der Waals surface area contributed by atoms with Crippen LogP contribution in [-0.2, 0) is 13.0 Å². The summed E-state index contributed by atoms with van der Waals surface area (Å²) in [5, 5.41) is 17.0. The number of hydrogen-bond donors (Lipinski definition) is 1. The molecular weight excluding hydrogens is 142 g/mol. The molecule has 0 saturated heterocycles. The maximum absolute atomic E-state index is 9.40. The summed E-state index contributed by atoms with van der Waals surface area (Å²) in [5.41, 5.74) is 0.679. The van der Waals surface area contributed by atoms with Crippen molar-refractivity contribution in [2.45, 2.75) is 33.2 Å². The molecule has 1 heterocycles. The fourth-order valence-electron chi connectivity index (χ4n) is 0.935. The summed E-state index contributed by atoms with van der Waals surface area (Å²) in [5.74, 6) is 0.217. The molecule has 0 radical (unpaired) electrons. The van der Waals surface area contributed by atoms with Gasteiger partial charge in [-0.05, 0) is 12.8 Å². The van der Waals surface area contributed by atoms with Crippen LogP contribution in [0, 0.1) is 0 Å². The quantitative estimate of drug-likeness (QED) is 0.707. The van der Waals surface area contributed by atoms with Crippen molar-refractivity contribution in [3.63, 3.8) is 0 Å². The monoisotopic (exact) mass is 155 g/mol. The largest absolute Gasteiger partial charge is 0.492 e. The highest BCUT2D eigenvalue weighted by molar-refractivity contribution is 5.14. The lowest BCUT2D eigenvalue weighted by Gasteiger charge is -1.97. The highest BCUT2D eigenvalue weighted by Crippen LogP contribution is 2.13. The van der Waals surface area contributed by atoms with Crippen molar-refractivity contribution in [2.24, 2.45) is 0 Å². The standard InChI is InChI=1S/C7H13N3O/c1-3-5-10-7(11)6(4-2)8-9-10/h11H,3-5H2,1-2H3. The van der Waals surface area contributed by atoms with Crippen molar-refractivity contribution in [2.75, 3.05) is 0 Å². The first-order valence-electron chi connectivity index (χ1n) is 3.90. The van der Waals surface area contributed by atoms with Crippen molar-refractivity contribution >= 4 is 0 Å². The zero-order valence-corrected chi connectivity index (χ0v) is 6.91. The number of rotatable bonds is 3. The molecule has 0 aliphatic heterocycles. The van der Waals surface area contributed by atoms with Crippen LogP contribution in [0.4, 0.5) is 0 Å². The second-order valence-corrected chi connectivity index (χ2v) is 2.44. The Morgan fingerprint density at radius 3 is 2.64 bits per heavy atom. The zero-order chi connectivity index (χ0) is 8.27. The Balaban J connectivity index is 2.82. The molecule has 1 N–H and O–H groups in total. The van der Waals surface area contributed by atoms with Gasteiger partial charge in [-0.2, -0.15) is 0 Å². The Labute approximate surface area is 65.8 Å². The van der Waals surface area contributed by atoms with E-state index < -0.39 is 0 Å². The molecule has 0 bridgehead atoms. The molecule has 0 spiro atoms. The van der Waals surface area contributed by atoms with Crippen molar-refractivity contribution in [1.29, 1.82) is 0 Å². The predicted octanol–water partition coefficient (Wildman–Crippen LogP) is 0.956. The average Bonchev–Trinajstić information content (AvgIpc) is 2.34. The van der Waals surface area contributed by atoms with Gasteiger partial charge in [0.1, 0.15) is 5.69 Å². The van der Waals surface area contributed by atoms with Gasteiger partial charge in [0, 0.05) is 6.54 Å². The molecule has 0 unspecified atom stereocenters. The van der Waals surface area contributed by atoms with Gasteiger partial charge in [0.2, 0.25) is 5.88 Å². The fourth-order valence-corrected chi connectivity index (χ4v) is 0.935. The van der Waals surface area contributed by atoms with E-state index in [0.29, 0.717) is 5.69 Å². The number of nitrogens with zero attached hydrogens (tertiary/aromatic N) is 3. The topological polar surface area (TPSA) is 50.9 Å². The van der Waals surface area contributed by atoms with Gasteiger partial charge in [0.15, 0.2) is 0 Å². The summed E-state index contributed by atoms with van der Waals surface area (Å²) in [6, 6.07) is 0. The molecule has 1 rings (SSSR count). The van der Waals surface area contributed by atoms with E-state index in [1.165, 1.54) is 4.68 Å². The minimum Gasteiger partial charge on any atom is -0.492 e. The number of aromatic nitrogens is 3. The Morgan fingerprint density at radius 2 is 2.18 bits per heavy atom. The number of aryl methyl sites for hydroxylation is 2. The molecule has 0 amide bonds. The van der Waals surface area contributed by atoms with E-state index in [-0.39, 0.29) is 5.88 Å². The first-order chi connectivity index (χ1) is 5.29. The molecule has 62 valence electrons. The Hall–Kier alpha value is -1.06. The Morgan fingerprint density at radius 1 is 1.45 bits per heavy atom. The molecule has 0 saturated carbocycles. The summed E-state index contributed by atoms with van der Waals surface area (Å²) < 4.78 is 1.53. The lowest BCUT2D eigenvalue weighted by Crippen LogP contribution is -1.97. The van der Waals surface area contributed by atoms with E-state index in [1.807, 2.05) is 13.8 Å². The molecule has 0 atom stereocenters. The highest BCUT2D eigenvalue weighted by atomic mass is 16.3. The van der Waals surface area contributed by atoms with Crippen molar-refractivity contribution in [3.8, 4) is 5.88 Å². The van der Waals surface area contributed by atoms with Gasteiger partial charge in [0.25, 0.3) is 0 Å².